The zero-order chi connectivity index (χ0) is 9.71. The second kappa shape index (κ2) is 3.07. The average Bonchev–Trinajstić information content (AvgIpc) is 2.87. The standard InChI is InChI=1S/C12H14BrN/c1-8-4-10(13)5-9-6-14(7-12(8)9)11-2-3-11/h4-5,11H,2-3,6-7H2,1H3. The molecule has 74 valence electrons. The SMILES string of the molecule is Cc1cc(Br)cc2c1CN(C1CC1)C2. The van der Waals surface area contributed by atoms with Gasteiger partial charge in [0.05, 0.1) is 0 Å². The van der Waals surface area contributed by atoms with E-state index in [0.717, 1.165) is 6.04 Å². The van der Waals surface area contributed by atoms with Gasteiger partial charge in [0.1, 0.15) is 0 Å². The number of halogens is 1. The van der Waals surface area contributed by atoms with Crippen molar-refractivity contribution < 1.29 is 0 Å². The van der Waals surface area contributed by atoms with Crippen molar-refractivity contribution in [3.05, 3.63) is 33.3 Å². The lowest BCUT2D eigenvalue weighted by atomic mass is 10.1. The quantitative estimate of drug-likeness (QED) is 0.741. The van der Waals surface area contributed by atoms with Crippen LogP contribution in [0.5, 0.6) is 0 Å². The van der Waals surface area contributed by atoms with Crippen molar-refractivity contribution >= 4 is 15.9 Å². The molecule has 1 aromatic rings. The van der Waals surface area contributed by atoms with Crippen molar-refractivity contribution in [2.45, 2.75) is 38.9 Å². The maximum atomic E-state index is 3.57. The molecule has 1 aliphatic carbocycles. The van der Waals surface area contributed by atoms with Crippen LogP contribution in [0, 0.1) is 6.92 Å². The van der Waals surface area contributed by atoms with Crippen molar-refractivity contribution in [3.63, 3.8) is 0 Å². The lowest BCUT2D eigenvalue weighted by Gasteiger charge is -2.12. The molecule has 0 aromatic heterocycles. The van der Waals surface area contributed by atoms with E-state index in [1.807, 2.05) is 0 Å². The Morgan fingerprint density at radius 3 is 2.79 bits per heavy atom. The van der Waals surface area contributed by atoms with Gasteiger partial charge in [0, 0.05) is 23.6 Å². The highest BCUT2D eigenvalue weighted by Gasteiger charge is 2.33. The Bertz CT molecular complexity index is 382. The first kappa shape index (κ1) is 8.93. The number of nitrogens with zero attached hydrogens (tertiary/aromatic N) is 1. The summed E-state index contributed by atoms with van der Waals surface area (Å²) in [7, 11) is 0. The summed E-state index contributed by atoms with van der Waals surface area (Å²) in [5.41, 5.74) is 4.54. The topological polar surface area (TPSA) is 3.24 Å². The first-order valence-corrected chi connectivity index (χ1v) is 6.05. The van der Waals surface area contributed by atoms with E-state index in [9.17, 15) is 0 Å². The summed E-state index contributed by atoms with van der Waals surface area (Å²) in [5.74, 6) is 0. The molecule has 0 amide bonds. The summed E-state index contributed by atoms with van der Waals surface area (Å²) < 4.78 is 1.23. The molecule has 2 aliphatic rings. The van der Waals surface area contributed by atoms with Crippen molar-refractivity contribution in [2.24, 2.45) is 0 Å². The minimum Gasteiger partial charge on any atom is -0.292 e. The van der Waals surface area contributed by atoms with Gasteiger partial charge in [-0.05, 0) is 48.6 Å². The van der Waals surface area contributed by atoms with Gasteiger partial charge < -0.3 is 0 Å². The van der Waals surface area contributed by atoms with Crippen molar-refractivity contribution in [1.29, 1.82) is 0 Å². The first-order chi connectivity index (χ1) is 6.74. The monoisotopic (exact) mass is 251 g/mol. The molecule has 3 rings (SSSR count). The van der Waals surface area contributed by atoms with Gasteiger partial charge in [-0.3, -0.25) is 4.90 Å². The molecule has 1 nitrogen and oxygen atoms in total. The molecular weight excluding hydrogens is 238 g/mol. The molecule has 0 atom stereocenters. The van der Waals surface area contributed by atoms with E-state index in [1.54, 1.807) is 5.56 Å². The van der Waals surface area contributed by atoms with Crippen LogP contribution < -0.4 is 0 Å². The Labute approximate surface area is 93.2 Å². The second-order valence-corrected chi connectivity index (χ2v) is 5.41. The smallest absolute Gasteiger partial charge is 0.0246 e. The number of hydrogen-bond acceptors (Lipinski definition) is 1. The van der Waals surface area contributed by atoms with Crippen LogP contribution in [-0.4, -0.2) is 10.9 Å². The zero-order valence-corrected chi connectivity index (χ0v) is 9.97. The van der Waals surface area contributed by atoms with Gasteiger partial charge >= 0.3 is 0 Å². The van der Waals surface area contributed by atoms with Gasteiger partial charge in [-0.1, -0.05) is 15.9 Å². The fourth-order valence-corrected chi connectivity index (χ4v) is 3.01. The largest absolute Gasteiger partial charge is 0.292 e. The average molecular weight is 252 g/mol. The number of fused-ring (bicyclic) bond motifs is 1. The molecule has 0 radical (unpaired) electrons. The summed E-state index contributed by atoms with van der Waals surface area (Å²) in [6.07, 6.45) is 2.82. The Balaban J connectivity index is 1.96. The van der Waals surface area contributed by atoms with Crippen LogP contribution in [0.4, 0.5) is 0 Å². The summed E-state index contributed by atoms with van der Waals surface area (Å²) >= 11 is 3.57. The molecule has 1 saturated carbocycles. The third kappa shape index (κ3) is 1.41. The highest BCUT2D eigenvalue weighted by molar-refractivity contribution is 9.10. The molecule has 0 N–H and O–H groups in total. The molecule has 2 heteroatoms. The molecular formula is C12H14BrN. The highest BCUT2D eigenvalue weighted by atomic mass is 79.9. The van der Waals surface area contributed by atoms with Crippen molar-refractivity contribution in [2.75, 3.05) is 0 Å². The van der Waals surface area contributed by atoms with E-state index in [1.165, 1.54) is 41.5 Å². The fraction of sp³-hybridized carbons (Fsp3) is 0.500. The maximum absolute atomic E-state index is 3.57. The Hall–Kier alpha value is -0.340. The van der Waals surface area contributed by atoms with E-state index in [4.69, 9.17) is 0 Å². The summed E-state index contributed by atoms with van der Waals surface area (Å²) in [6.45, 7) is 4.57. The second-order valence-electron chi connectivity index (χ2n) is 4.50. The van der Waals surface area contributed by atoms with Crippen LogP contribution in [-0.2, 0) is 13.1 Å². The lowest BCUT2D eigenvalue weighted by Crippen LogP contribution is -2.18. The van der Waals surface area contributed by atoms with E-state index < -0.39 is 0 Å². The summed E-state index contributed by atoms with van der Waals surface area (Å²) in [4.78, 5) is 2.62. The van der Waals surface area contributed by atoms with Gasteiger partial charge in [-0.25, -0.2) is 0 Å². The zero-order valence-electron chi connectivity index (χ0n) is 8.39. The Morgan fingerprint density at radius 1 is 1.29 bits per heavy atom. The molecule has 1 heterocycles. The minimum atomic E-state index is 0.889. The number of benzene rings is 1. The highest BCUT2D eigenvalue weighted by Crippen LogP contribution is 2.36. The third-order valence-corrected chi connectivity index (χ3v) is 3.79. The molecule has 0 bridgehead atoms. The van der Waals surface area contributed by atoms with E-state index in [0.29, 0.717) is 0 Å². The van der Waals surface area contributed by atoms with E-state index in [2.05, 4.69) is 39.9 Å². The first-order valence-electron chi connectivity index (χ1n) is 5.26. The number of rotatable bonds is 1. The van der Waals surface area contributed by atoms with Crippen LogP contribution in [0.3, 0.4) is 0 Å². The van der Waals surface area contributed by atoms with E-state index in [-0.39, 0.29) is 0 Å². The Morgan fingerprint density at radius 2 is 2.07 bits per heavy atom. The predicted octanol–water partition coefficient (Wildman–Crippen LogP) is 3.24. The fourth-order valence-electron chi connectivity index (χ4n) is 2.39. The van der Waals surface area contributed by atoms with Crippen LogP contribution >= 0.6 is 15.9 Å². The van der Waals surface area contributed by atoms with Gasteiger partial charge in [0.2, 0.25) is 0 Å². The Kier molecular flexibility index (Phi) is 1.96. The summed E-state index contributed by atoms with van der Waals surface area (Å²) in [6, 6.07) is 5.40. The van der Waals surface area contributed by atoms with Crippen molar-refractivity contribution in [3.8, 4) is 0 Å². The molecule has 0 spiro atoms. The molecule has 14 heavy (non-hydrogen) atoms. The number of hydrogen-bond donors (Lipinski definition) is 0. The van der Waals surface area contributed by atoms with E-state index >= 15 is 0 Å². The normalized spacial score (nSPS) is 21.3. The van der Waals surface area contributed by atoms with Crippen LogP contribution in [0.25, 0.3) is 0 Å². The molecule has 0 unspecified atom stereocenters. The number of aryl methyl sites for hydroxylation is 1. The van der Waals surface area contributed by atoms with Gasteiger partial charge in [-0.2, -0.15) is 0 Å². The van der Waals surface area contributed by atoms with Gasteiger partial charge in [0.15, 0.2) is 0 Å². The molecule has 1 aliphatic heterocycles. The van der Waals surface area contributed by atoms with Crippen LogP contribution in [0.2, 0.25) is 0 Å². The maximum Gasteiger partial charge on any atom is 0.0246 e. The summed E-state index contributed by atoms with van der Waals surface area (Å²) in [5, 5.41) is 0. The minimum absolute atomic E-state index is 0.889. The molecule has 1 aromatic carbocycles. The van der Waals surface area contributed by atoms with Crippen LogP contribution in [0.1, 0.15) is 29.5 Å². The van der Waals surface area contributed by atoms with Gasteiger partial charge in [-0.15, -0.1) is 0 Å². The predicted molar refractivity (Wildman–Crippen MR) is 61.1 cm³/mol. The molecule has 0 saturated heterocycles. The third-order valence-electron chi connectivity index (χ3n) is 3.33. The molecule has 1 fully saturated rings. The van der Waals surface area contributed by atoms with Crippen LogP contribution in [0.15, 0.2) is 16.6 Å². The van der Waals surface area contributed by atoms with Crippen molar-refractivity contribution in [1.82, 2.24) is 4.90 Å². The van der Waals surface area contributed by atoms with Gasteiger partial charge in [0.25, 0.3) is 0 Å². The lowest BCUT2D eigenvalue weighted by molar-refractivity contribution is 0.273.